The van der Waals surface area contributed by atoms with Crippen molar-refractivity contribution in [2.45, 2.75) is 0 Å². The fraction of sp³-hybridized carbons (Fsp3) is 0. The summed E-state index contributed by atoms with van der Waals surface area (Å²) < 4.78 is 3.56. The first-order valence-electron chi connectivity index (χ1n) is 9.20. The largest absolute Gasteiger partial charge is 0.310 e. The molecule has 1 aliphatic heterocycles. The Morgan fingerprint density at radius 1 is 0.630 bits per heavy atom. The molecule has 126 valence electrons. The van der Waals surface area contributed by atoms with Crippen molar-refractivity contribution in [1.29, 1.82) is 0 Å². The Bertz CT molecular complexity index is 1330. The van der Waals surface area contributed by atoms with E-state index in [-0.39, 0.29) is 6.71 Å². The molecule has 27 heavy (non-hydrogen) atoms. The lowest BCUT2D eigenvalue weighted by Gasteiger charge is -2.27. The van der Waals surface area contributed by atoms with Crippen LogP contribution >= 0.6 is 15.9 Å². The molecule has 0 atom stereocenters. The summed E-state index contributed by atoms with van der Waals surface area (Å²) in [5.74, 6) is 0. The molecule has 5 aromatic rings. The molecule has 0 fully saturated rings. The smallest absolute Gasteiger partial charge is 0.246 e. The molecule has 0 amide bonds. The minimum Gasteiger partial charge on any atom is -0.310 e. The van der Waals surface area contributed by atoms with Crippen molar-refractivity contribution in [2.24, 2.45) is 0 Å². The molecule has 6 rings (SSSR count). The van der Waals surface area contributed by atoms with Crippen molar-refractivity contribution < 1.29 is 0 Å². The Morgan fingerprint density at radius 3 is 2.22 bits per heavy atom. The molecule has 3 heteroatoms. The van der Waals surface area contributed by atoms with Crippen LogP contribution < -0.4 is 16.4 Å². The van der Waals surface area contributed by atoms with Gasteiger partial charge in [-0.3, -0.25) is 0 Å². The first kappa shape index (κ1) is 15.3. The van der Waals surface area contributed by atoms with E-state index in [1.807, 2.05) is 0 Å². The van der Waals surface area contributed by atoms with Gasteiger partial charge in [-0.15, -0.1) is 0 Å². The monoisotopic (exact) mass is 407 g/mol. The fourth-order valence-electron chi connectivity index (χ4n) is 4.65. The van der Waals surface area contributed by atoms with Crippen molar-refractivity contribution in [3.63, 3.8) is 0 Å². The second-order valence-electron chi connectivity index (χ2n) is 7.14. The van der Waals surface area contributed by atoms with Gasteiger partial charge in [-0.25, -0.2) is 0 Å². The number of rotatable bonds is 1. The van der Waals surface area contributed by atoms with E-state index in [4.69, 9.17) is 0 Å². The SMILES string of the molecule is Brc1ccc(B2c3ccccc3-n3c4ccccc4c4cccc2c43)cc1. The minimum absolute atomic E-state index is 0.245. The Morgan fingerprint density at radius 2 is 1.33 bits per heavy atom. The summed E-state index contributed by atoms with van der Waals surface area (Å²) >= 11 is 3.58. The lowest BCUT2D eigenvalue weighted by atomic mass is 9.35. The van der Waals surface area contributed by atoms with Crippen LogP contribution in [-0.4, -0.2) is 11.3 Å². The van der Waals surface area contributed by atoms with E-state index >= 15 is 0 Å². The highest BCUT2D eigenvalue weighted by Crippen LogP contribution is 2.32. The zero-order valence-electron chi connectivity index (χ0n) is 14.6. The van der Waals surface area contributed by atoms with Crippen LogP contribution in [0.2, 0.25) is 0 Å². The summed E-state index contributed by atoms with van der Waals surface area (Å²) in [4.78, 5) is 0. The zero-order chi connectivity index (χ0) is 18.0. The lowest BCUT2D eigenvalue weighted by molar-refractivity contribution is 1.19. The summed E-state index contributed by atoms with van der Waals surface area (Å²) in [6.45, 7) is 0.245. The molecule has 1 aliphatic rings. The van der Waals surface area contributed by atoms with E-state index in [1.165, 1.54) is 43.9 Å². The van der Waals surface area contributed by atoms with E-state index in [0.717, 1.165) is 4.47 Å². The molecular formula is C24H15BBrN. The highest BCUT2D eigenvalue weighted by molar-refractivity contribution is 9.10. The molecule has 2 heterocycles. The van der Waals surface area contributed by atoms with Crippen molar-refractivity contribution in [3.05, 3.63) is 95.5 Å². The van der Waals surface area contributed by atoms with Crippen molar-refractivity contribution in [3.8, 4) is 5.69 Å². The summed E-state index contributed by atoms with van der Waals surface area (Å²) in [6.07, 6.45) is 0. The third kappa shape index (κ3) is 2.06. The third-order valence-electron chi connectivity index (χ3n) is 5.73. The van der Waals surface area contributed by atoms with E-state index < -0.39 is 0 Å². The van der Waals surface area contributed by atoms with Gasteiger partial charge < -0.3 is 4.57 Å². The van der Waals surface area contributed by atoms with Gasteiger partial charge in [0.2, 0.25) is 6.71 Å². The molecule has 1 nitrogen and oxygen atoms in total. The van der Waals surface area contributed by atoms with Crippen LogP contribution in [-0.2, 0) is 0 Å². The average molecular weight is 408 g/mol. The van der Waals surface area contributed by atoms with Gasteiger partial charge in [-0.2, -0.15) is 0 Å². The summed E-state index contributed by atoms with van der Waals surface area (Å²) in [5, 5.41) is 2.65. The topological polar surface area (TPSA) is 4.93 Å². The van der Waals surface area contributed by atoms with E-state index in [9.17, 15) is 0 Å². The molecule has 0 unspecified atom stereocenters. The maximum atomic E-state index is 3.58. The van der Waals surface area contributed by atoms with Crippen molar-refractivity contribution in [2.75, 3.05) is 0 Å². The number of para-hydroxylation sites is 3. The molecule has 1 aromatic heterocycles. The molecule has 0 radical (unpaired) electrons. The van der Waals surface area contributed by atoms with Gasteiger partial charge in [0, 0.05) is 26.4 Å². The van der Waals surface area contributed by atoms with Gasteiger partial charge >= 0.3 is 0 Å². The number of benzene rings is 4. The number of hydrogen-bond acceptors (Lipinski definition) is 0. The first-order valence-corrected chi connectivity index (χ1v) is 9.99. The van der Waals surface area contributed by atoms with E-state index in [0.29, 0.717) is 0 Å². The predicted molar refractivity (Wildman–Crippen MR) is 120 cm³/mol. The van der Waals surface area contributed by atoms with Crippen LogP contribution in [0.1, 0.15) is 0 Å². The van der Waals surface area contributed by atoms with Crippen LogP contribution in [0.3, 0.4) is 0 Å². The number of halogens is 1. The van der Waals surface area contributed by atoms with Crippen LogP contribution in [0, 0.1) is 0 Å². The lowest BCUT2D eigenvalue weighted by Crippen LogP contribution is -2.55. The normalized spacial score (nSPS) is 12.6. The van der Waals surface area contributed by atoms with E-state index in [2.05, 4.69) is 111 Å². The van der Waals surface area contributed by atoms with Gasteiger partial charge in [0.15, 0.2) is 0 Å². The maximum absolute atomic E-state index is 3.58. The predicted octanol–water partition coefficient (Wildman–Crippen LogP) is 4.38. The highest BCUT2D eigenvalue weighted by atomic mass is 79.9. The second kappa shape index (κ2) is 5.61. The molecule has 0 spiro atoms. The summed E-state index contributed by atoms with van der Waals surface area (Å²) in [7, 11) is 0. The fourth-order valence-corrected chi connectivity index (χ4v) is 4.91. The molecule has 0 N–H and O–H groups in total. The molecule has 0 saturated carbocycles. The summed E-state index contributed by atoms with van der Waals surface area (Å²) in [5.41, 5.74) is 7.97. The molecule has 4 aromatic carbocycles. The van der Waals surface area contributed by atoms with Crippen molar-refractivity contribution in [1.82, 2.24) is 4.57 Å². The van der Waals surface area contributed by atoms with E-state index in [1.54, 1.807) is 0 Å². The second-order valence-corrected chi connectivity index (χ2v) is 8.06. The van der Waals surface area contributed by atoms with Crippen LogP contribution in [0.15, 0.2) is 95.5 Å². The Labute approximate surface area is 166 Å². The Balaban J connectivity index is 1.81. The van der Waals surface area contributed by atoms with Gasteiger partial charge in [-0.05, 0) is 35.2 Å². The van der Waals surface area contributed by atoms with Gasteiger partial charge in [0.05, 0.1) is 5.52 Å². The van der Waals surface area contributed by atoms with Crippen LogP contribution in [0.5, 0.6) is 0 Å². The van der Waals surface area contributed by atoms with Crippen molar-refractivity contribution >= 4 is 60.8 Å². The van der Waals surface area contributed by atoms with Gasteiger partial charge in [-0.1, -0.05) is 88.1 Å². The average Bonchev–Trinajstić information content (AvgIpc) is 3.06. The third-order valence-corrected chi connectivity index (χ3v) is 6.26. The number of hydrogen-bond donors (Lipinski definition) is 0. The van der Waals surface area contributed by atoms with Gasteiger partial charge in [0.1, 0.15) is 0 Å². The molecular weight excluding hydrogens is 393 g/mol. The highest BCUT2D eigenvalue weighted by Gasteiger charge is 2.32. The maximum Gasteiger partial charge on any atom is 0.246 e. The first-order chi connectivity index (χ1) is 13.3. The zero-order valence-corrected chi connectivity index (χ0v) is 16.1. The quantitative estimate of drug-likeness (QED) is 0.356. The van der Waals surface area contributed by atoms with Gasteiger partial charge in [0.25, 0.3) is 0 Å². The standard InChI is InChI=1S/C24H15BBrN/c26-17-14-12-16(13-15-17)25-20-8-2-4-11-23(20)27-22-10-3-1-6-18(22)19-7-5-9-21(25)24(19)27/h1-15H. The Hall–Kier alpha value is -2.78. The number of aromatic nitrogens is 1. The minimum atomic E-state index is 0.245. The number of nitrogens with zero attached hydrogens (tertiary/aromatic N) is 1. The molecule has 0 aliphatic carbocycles. The van der Waals surface area contributed by atoms with Crippen LogP contribution in [0.25, 0.3) is 27.5 Å². The van der Waals surface area contributed by atoms with Crippen LogP contribution in [0.4, 0.5) is 0 Å². The Kier molecular flexibility index (Phi) is 3.18. The molecule has 0 saturated heterocycles. The molecule has 0 bridgehead atoms. The number of fused-ring (bicyclic) bond motifs is 5. The summed E-state index contributed by atoms with van der Waals surface area (Å²) in [6, 6.07) is 33.1.